The Balaban J connectivity index is 1.25. The highest BCUT2D eigenvalue weighted by Crippen LogP contribution is 2.44. The molecule has 5 heteroatoms. The molecule has 1 aromatic heterocycles. The number of carbonyl (C=O) groups excluding carboxylic acids is 1. The number of fused-ring (bicyclic) bond motifs is 2. The van der Waals surface area contributed by atoms with Gasteiger partial charge in [0.05, 0.1) is 0 Å². The van der Waals surface area contributed by atoms with Gasteiger partial charge in [-0.3, -0.25) is 0 Å². The lowest BCUT2D eigenvalue weighted by molar-refractivity contribution is 0.104. The highest BCUT2D eigenvalue weighted by atomic mass is 16.5. The number of carbonyl (C=O) groups is 1. The van der Waals surface area contributed by atoms with E-state index in [0.717, 1.165) is 24.9 Å². The molecule has 156 valence electrons. The Labute approximate surface area is 177 Å². The highest BCUT2D eigenvalue weighted by molar-refractivity contribution is 5.89. The van der Waals surface area contributed by atoms with E-state index < -0.39 is 0 Å². The largest absolute Gasteiger partial charge is 0.445 e. The molecule has 0 bridgehead atoms. The second kappa shape index (κ2) is 7.80. The van der Waals surface area contributed by atoms with E-state index in [1.165, 1.54) is 22.0 Å². The van der Waals surface area contributed by atoms with E-state index in [2.05, 4.69) is 53.3 Å². The van der Waals surface area contributed by atoms with E-state index in [-0.39, 0.29) is 6.09 Å². The Morgan fingerprint density at radius 2 is 1.97 bits per heavy atom. The molecule has 0 unspecified atom stereocenters. The summed E-state index contributed by atoms with van der Waals surface area (Å²) in [6, 6.07) is 17.0. The van der Waals surface area contributed by atoms with Crippen molar-refractivity contribution >= 4 is 17.0 Å². The number of amides is 1. The summed E-state index contributed by atoms with van der Waals surface area (Å²) in [6.45, 7) is 1.96. The molecule has 1 N–H and O–H groups in total. The third-order valence-electron chi connectivity index (χ3n) is 6.87. The summed E-state index contributed by atoms with van der Waals surface area (Å²) in [7, 11) is 4.37. The van der Waals surface area contributed by atoms with Crippen molar-refractivity contribution in [3.63, 3.8) is 0 Å². The molecule has 3 atom stereocenters. The van der Waals surface area contributed by atoms with Gasteiger partial charge in [0, 0.05) is 49.2 Å². The van der Waals surface area contributed by atoms with Crippen LogP contribution in [0.3, 0.4) is 0 Å². The minimum Gasteiger partial charge on any atom is -0.445 e. The molecule has 0 saturated carbocycles. The van der Waals surface area contributed by atoms with Crippen LogP contribution in [0, 0.1) is 5.92 Å². The van der Waals surface area contributed by atoms with Crippen molar-refractivity contribution < 1.29 is 9.53 Å². The monoisotopic (exact) mass is 402 g/mol. The van der Waals surface area contributed by atoms with Crippen LogP contribution in [-0.2, 0) is 24.8 Å². The number of piperidine rings is 1. The molecule has 2 heterocycles. The molecule has 0 radical (unpaired) electrons. The second-order valence-electron chi connectivity index (χ2n) is 8.87. The van der Waals surface area contributed by atoms with Crippen LogP contribution >= 0.6 is 0 Å². The van der Waals surface area contributed by atoms with Gasteiger partial charge in [0.25, 0.3) is 0 Å². The number of aryl methyl sites for hydroxylation is 1. The molecule has 1 saturated heterocycles. The molecule has 0 spiro atoms. The average Bonchev–Trinajstić information content (AvgIpc) is 3.09. The van der Waals surface area contributed by atoms with Crippen molar-refractivity contribution in [2.24, 2.45) is 13.0 Å². The summed E-state index contributed by atoms with van der Waals surface area (Å²) in [6.07, 6.45) is 4.17. The van der Waals surface area contributed by atoms with E-state index in [9.17, 15) is 4.79 Å². The third-order valence-corrected chi connectivity index (χ3v) is 6.87. The van der Waals surface area contributed by atoms with Crippen LogP contribution in [0.1, 0.15) is 29.0 Å². The predicted octanol–water partition coefficient (Wildman–Crippen LogP) is 4.06. The van der Waals surface area contributed by atoms with Crippen molar-refractivity contribution in [3.8, 4) is 0 Å². The number of nitrogens with one attached hydrogen (secondary N) is 1. The quantitative estimate of drug-likeness (QED) is 0.716. The zero-order valence-electron chi connectivity index (χ0n) is 17.7. The van der Waals surface area contributed by atoms with Crippen LogP contribution in [0.4, 0.5) is 4.79 Å². The Morgan fingerprint density at radius 3 is 2.80 bits per heavy atom. The number of hydrogen-bond acceptors (Lipinski definition) is 3. The first-order chi connectivity index (χ1) is 14.6. The van der Waals surface area contributed by atoms with Gasteiger partial charge in [-0.2, -0.15) is 0 Å². The van der Waals surface area contributed by atoms with Crippen molar-refractivity contribution in [3.05, 3.63) is 71.4 Å². The van der Waals surface area contributed by atoms with Gasteiger partial charge in [0.15, 0.2) is 0 Å². The normalized spacial score (nSPS) is 23.2. The third kappa shape index (κ3) is 3.47. The molecule has 1 aliphatic carbocycles. The number of likely N-dealkylation sites (tertiary alicyclic amines) is 1. The molecule has 3 aromatic rings. The van der Waals surface area contributed by atoms with Gasteiger partial charge in [0.2, 0.25) is 0 Å². The number of rotatable bonds is 4. The number of aromatic nitrogens is 1. The number of benzene rings is 2. The summed E-state index contributed by atoms with van der Waals surface area (Å²) in [5.41, 5.74) is 5.27. The first-order valence-electron chi connectivity index (χ1n) is 10.8. The van der Waals surface area contributed by atoms with Crippen LogP contribution in [0.15, 0.2) is 54.7 Å². The average molecular weight is 403 g/mol. The Hall–Kier alpha value is -2.79. The number of alkyl carbamates (subject to hydrolysis) is 1. The molecule has 2 aromatic carbocycles. The van der Waals surface area contributed by atoms with Gasteiger partial charge >= 0.3 is 6.09 Å². The van der Waals surface area contributed by atoms with Crippen LogP contribution < -0.4 is 5.32 Å². The lowest BCUT2D eigenvalue weighted by Gasteiger charge is -2.45. The zero-order valence-corrected chi connectivity index (χ0v) is 17.7. The van der Waals surface area contributed by atoms with E-state index in [1.54, 1.807) is 0 Å². The van der Waals surface area contributed by atoms with Crippen molar-refractivity contribution in [1.29, 1.82) is 0 Å². The SMILES string of the molecule is CN1C[C@@H](CN[11C](=O)OCc2ccccc2)C[C@@H]2c3cccc4c3c(cn4C)C[C@H]21. The van der Waals surface area contributed by atoms with Gasteiger partial charge in [-0.1, -0.05) is 42.5 Å². The maximum atomic E-state index is 12.2. The standard InChI is InChI=1S/C25H29N3O2/c1-27-14-18(13-26-25(29)30-16-17-7-4-3-5-8-17)11-21-20-9-6-10-22-24(20)19(12-23(21)27)15-28(22)2/h3-10,15,18,21,23H,11-14,16H2,1-2H3,(H,26,29)/t18-,21-,23-/m1/s1/i25-1. The molecule has 2 aliphatic rings. The molecule has 1 aliphatic heterocycles. The zero-order chi connectivity index (χ0) is 20.7. The van der Waals surface area contributed by atoms with Gasteiger partial charge in [0.1, 0.15) is 6.61 Å². The molecule has 1 amide bonds. The minimum atomic E-state index is -0.334. The lowest BCUT2D eigenvalue weighted by Crippen LogP contribution is -2.50. The van der Waals surface area contributed by atoms with Crippen LogP contribution in [0.2, 0.25) is 0 Å². The fraction of sp³-hybridized carbons (Fsp3) is 0.400. The molecule has 5 rings (SSSR count). The van der Waals surface area contributed by atoms with E-state index in [0.29, 0.717) is 31.0 Å². The van der Waals surface area contributed by atoms with Crippen molar-refractivity contribution in [2.75, 3.05) is 20.1 Å². The highest BCUT2D eigenvalue weighted by Gasteiger charge is 2.39. The Kier molecular flexibility index (Phi) is 4.99. The summed E-state index contributed by atoms with van der Waals surface area (Å²) in [5, 5.41) is 4.44. The summed E-state index contributed by atoms with van der Waals surface area (Å²) < 4.78 is 7.64. The van der Waals surface area contributed by atoms with Gasteiger partial charge < -0.3 is 19.5 Å². The summed E-state index contributed by atoms with van der Waals surface area (Å²) in [4.78, 5) is 14.7. The van der Waals surface area contributed by atoms with Gasteiger partial charge in [-0.25, -0.2) is 4.79 Å². The first-order valence-corrected chi connectivity index (χ1v) is 10.8. The molecular weight excluding hydrogens is 373 g/mol. The number of ether oxygens (including phenoxy) is 1. The van der Waals surface area contributed by atoms with Crippen LogP contribution in [0.5, 0.6) is 0 Å². The molecule has 1 fully saturated rings. The summed E-state index contributed by atoms with van der Waals surface area (Å²) >= 11 is 0. The van der Waals surface area contributed by atoms with E-state index in [1.807, 2.05) is 30.3 Å². The number of hydrogen-bond donors (Lipinski definition) is 1. The topological polar surface area (TPSA) is 46.5 Å². The van der Waals surface area contributed by atoms with Crippen LogP contribution in [0.25, 0.3) is 10.9 Å². The second-order valence-corrected chi connectivity index (χ2v) is 8.87. The predicted molar refractivity (Wildman–Crippen MR) is 119 cm³/mol. The van der Waals surface area contributed by atoms with Crippen molar-refractivity contribution in [1.82, 2.24) is 14.8 Å². The Bertz CT molecular complexity index is 1060. The molecular formula is C25H29N3O2. The van der Waals surface area contributed by atoms with Crippen molar-refractivity contribution in [2.45, 2.75) is 31.4 Å². The molecule has 30 heavy (non-hydrogen) atoms. The van der Waals surface area contributed by atoms with Gasteiger partial charge in [-0.05, 0) is 48.6 Å². The van der Waals surface area contributed by atoms with E-state index in [4.69, 9.17) is 4.74 Å². The smallest absolute Gasteiger partial charge is 0.407 e. The van der Waals surface area contributed by atoms with Gasteiger partial charge in [-0.15, -0.1) is 0 Å². The first kappa shape index (κ1) is 19.2. The fourth-order valence-electron chi connectivity index (χ4n) is 5.48. The molecule has 5 nitrogen and oxygen atoms in total. The lowest BCUT2D eigenvalue weighted by atomic mass is 9.72. The van der Waals surface area contributed by atoms with E-state index >= 15 is 0 Å². The number of likely N-dealkylation sites (N-methyl/N-ethyl adjacent to an activating group) is 1. The van der Waals surface area contributed by atoms with Crippen LogP contribution in [-0.4, -0.2) is 41.7 Å². The maximum absolute atomic E-state index is 12.2. The Morgan fingerprint density at radius 1 is 1.13 bits per heavy atom. The fourth-order valence-corrected chi connectivity index (χ4v) is 5.48. The maximum Gasteiger partial charge on any atom is 0.407 e. The summed E-state index contributed by atoms with van der Waals surface area (Å²) in [5.74, 6) is 0.926. The number of nitrogens with zero attached hydrogens (tertiary/aromatic N) is 2. The minimum absolute atomic E-state index is 0.306.